The molecule has 2 aromatic carbocycles. The summed E-state index contributed by atoms with van der Waals surface area (Å²) in [5.41, 5.74) is 7.85. The fourth-order valence-electron chi connectivity index (χ4n) is 1.93. The maximum atomic E-state index is 6.19. The number of ether oxygens (including phenoxy) is 1. The summed E-state index contributed by atoms with van der Waals surface area (Å²) in [5, 5.41) is 0.592. The van der Waals surface area contributed by atoms with Gasteiger partial charge in [-0.15, -0.1) is 0 Å². The van der Waals surface area contributed by atoms with E-state index in [1.807, 2.05) is 55.5 Å². The zero-order valence-corrected chi connectivity index (χ0v) is 12.7. The lowest BCUT2D eigenvalue weighted by atomic mass is 10.1. The van der Waals surface area contributed by atoms with Crippen molar-refractivity contribution in [3.05, 3.63) is 64.7 Å². The Balaban J connectivity index is 1.93. The Morgan fingerprint density at radius 2 is 1.95 bits per heavy atom. The third-order valence-corrected chi connectivity index (χ3v) is 3.16. The van der Waals surface area contributed by atoms with E-state index in [4.69, 9.17) is 22.1 Å². The molecule has 0 radical (unpaired) electrons. The lowest BCUT2D eigenvalue weighted by molar-refractivity contribution is 0.370. The summed E-state index contributed by atoms with van der Waals surface area (Å²) in [6, 6.07) is 15.7. The Morgan fingerprint density at radius 1 is 1.19 bits per heavy atom. The van der Waals surface area contributed by atoms with E-state index in [1.165, 1.54) is 0 Å². The molecule has 2 rings (SSSR count). The summed E-state index contributed by atoms with van der Waals surface area (Å²) < 4.78 is 5.58. The van der Waals surface area contributed by atoms with Crippen molar-refractivity contribution in [1.29, 1.82) is 0 Å². The van der Waals surface area contributed by atoms with Crippen LogP contribution in [0, 0.1) is 11.8 Å². The fraction of sp³-hybridized carbons (Fsp3) is 0.222. The van der Waals surface area contributed by atoms with Crippen LogP contribution in [0.1, 0.15) is 18.1 Å². The van der Waals surface area contributed by atoms with E-state index in [9.17, 15) is 0 Å². The number of benzene rings is 2. The van der Waals surface area contributed by atoms with Crippen LogP contribution >= 0.6 is 11.6 Å². The average Bonchev–Trinajstić information content (AvgIpc) is 2.46. The van der Waals surface area contributed by atoms with Crippen molar-refractivity contribution in [2.45, 2.75) is 19.4 Å². The van der Waals surface area contributed by atoms with E-state index in [-0.39, 0.29) is 6.04 Å². The predicted molar refractivity (Wildman–Crippen MR) is 87.6 cm³/mol. The summed E-state index contributed by atoms with van der Waals surface area (Å²) in [6.07, 6.45) is 0.799. The van der Waals surface area contributed by atoms with Crippen LogP contribution in [0.15, 0.2) is 48.5 Å². The van der Waals surface area contributed by atoms with Crippen LogP contribution in [0.5, 0.6) is 5.75 Å². The third-order valence-electron chi connectivity index (χ3n) is 2.86. The van der Waals surface area contributed by atoms with Crippen molar-refractivity contribution < 1.29 is 4.74 Å². The first-order valence-electron chi connectivity index (χ1n) is 6.86. The standard InChI is InChI=1S/C18H18ClNO/c1-14(20)12-16-9-10-18(17(19)13-16)21-11-5-8-15-6-3-2-4-7-15/h2-4,6-7,9-10,13-14H,11-12,20H2,1H3. The van der Waals surface area contributed by atoms with Crippen LogP contribution in [-0.2, 0) is 6.42 Å². The second-order valence-electron chi connectivity index (χ2n) is 4.90. The largest absolute Gasteiger partial charge is 0.479 e. The molecule has 0 saturated heterocycles. The van der Waals surface area contributed by atoms with E-state index < -0.39 is 0 Å². The van der Waals surface area contributed by atoms with Gasteiger partial charge in [-0.1, -0.05) is 47.7 Å². The highest BCUT2D eigenvalue weighted by molar-refractivity contribution is 6.32. The number of nitrogens with two attached hydrogens (primary N) is 1. The van der Waals surface area contributed by atoms with Gasteiger partial charge in [0.2, 0.25) is 0 Å². The Labute approximate surface area is 130 Å². The van der Waals surface area contributed by atoms with Crippen LogP contribution in [0.25, 0.3) is 0 Å². The Morgan fingerprint density at radius 3 is 2.62 bits per heavy atom. The van der Waals surface area contributed by atoms with Gasteiger partial charge in [-0.2, -0.15) is 0 Å². The van der Waals surface area contributed by atoms with Crippen molar-refractivity contribution in [2.75, 3.05) is 6.61 Å². The molecule has 3 heteroatoms. The third kappa shape index (κ3) is 5.15. The predicted octanol–water partition coefficient (Wildman–Crippen LogP) is 3.66. The van der Waals surface area contributed by atoms with Gasteiger partial charge in [-0.25, -0.2) is 0 Å². The Kier molecular flexibility index (Phi) is 5.68. The molecule has 0 aromatic heterocycles. The maximum absolute atomic E-state index is 6.19. The van der Waals surface area contributed by atoms with Gasteiger partial charge < -0.3 is 10.5 Å². The van der Waals surface area contributed by atoms with Crippen LogP contribution in [0.4, 0.5) is 0 Å². The zero-order chi connectivity index (χ0) is 15.1. The summed E-state index contributed by atoms with van der Waals surface area (Å²) in [5.74, 6) is 6.66. The van der Waals surface area contributed by atoms with Crippen LogP contribution < -0.4 is 10.5 Å². The van der Waals surface area contributed by atoms with Gasteiger partial charge in [0.1, 0.15) is 12.4 Å². The zero-order valence-electron chi connectivity index (χ0n) is 12.0. The van der Waals surface area contributed by atoms with Gasteiger partial charge in [0.05, 0.1) is 5.02 Å². The van der Waals surface area contributed by atoms with Crippen molar-refractivity contribution in [3.63, 3.8) is 0 Å². The molecule has 0 heterocycles. The molecule has 21 heavy (non-hydrogen) atoms. The second kappa shape index (κ2) is 7.73. The quantitative estimate of drug-likeness (QED) is 0.875. The van der Waals surface area contributed by atoms with E-state index in [0.717, 1.165) is 17.5 Å². The minimum Gasteiger partial charge on any atom is -0.479 e. The lowest BCUT2D eigenvalue weighted by Crippen LogP contribution is -2.17. The first-order valence-corrected chi connectivity index (χ1v) is 7.23. The summed E-state index contributed by atoms with van der Waals surface area (Å²) in [7, 11) is 0. The van der Waals surface area contributed by atoms with Gasteiger partial charge in [0, 0.05) is 11.6 Å². The molecule has 1 unspecified atom stereocenters. The molecule has 0 saturated carbocycles. The number of hydrogen-bond donors (Lipinski definition) is 1. The summed E-state index contributed by atoms with van der Waals surface area (Å²) in [6.45, 7) is 2.28. The smallest absolute Gasteiger partial charge is 0.149 e. The first kappa shape index (κ1) is 15.4. The minimum absolute atomic E-state index is 0.115. The van der Waals surface area contributed by atoms with E-state index in [2.05, 4.69) is 11.8 Å². The average molecular weight is 300 g/mol. The van der Waals surface area contributed by atoms with Crippen LogP contribution in [0.3, 0.4) is 0 Å². The van der Waals surface area contributed by atoms with Crippen molar-refractivity contribution in [2.24, 2.45) is 5.73 Å². The number of rotatable bonds is 4. The highest BCUT2D eigenvalue weighted by Gasteiger charge is 2.04. The molecule has 0 aliphatic carbocycles. The number of halogens is 1. The van der Waals surface area contributed by atoms with Gasteiger partial charge in [-0.05, 0) is 43.2 Å². The number of hydrogen-bond acceptors (Lipinski definition) is 2. The second-order valence-corrected chi connectivity index (χ2v) is 5.31. The van der Waals surface area contributed by atoms with Crippen molar-refractivity contribution in [1.82, 2.24) is 0 Å². The molecule has 0 aliphatic heterocycles. The summed E-state index contributed by atoms with van der Waals surface area (Å²) >= 11 is 6.19. The highest BCUT2D eigenvalue weighted by atomic mass is 35.5. The van der Waals surface area contributed by atoms with Gasteiger partial charge in [-0.3, -0.25) is 0 Å². The lowest BCUT2D eigenvalue weighted by Gasteiger charge is -2.09. The molecule has 0 aliphatic rings. The van der Waals surface area contributed by atoms with Gasteiger partial charge in [0.25, 0.3) is 0 Å². The molecule has 1 atom stereocenters. The van der Waals surface area contributed by atoms with Gasteiger partial charge >= 0.3 is 0 Å². The molecule has 0 spiro atoms. The van der Waals surface area contributed by atoms with Crippen molar-refractivity contribution >= 4 is 11.6 Å². The molecule has 0 fully saturated rings. The maximum Gasteiger partial charge on any atom is 0.149 e. The van der Waals surface area contributed by atoms with E-state index in [0.29, 0.717) is 17.4 Å². The molecule has 0 bridgehead atoms. The Bertz CT molecular complexity index is 641. The van der Waals surface area contributed by atoms with Crippen molar-refractivity contribution in [3.8, 4) is 17.6 Å². The first-order chi connectivity index (χ1) is 10.1. The fourth-order valence-corrected chi connectivity index (χ4v) is 2.19. The monoisotopic (exact) mass is 299 g/mol. The SMILES string of the molecule is CC(N)Cc1ccc(OCC#Cc2ccccc2)c(Cl)c1. The molecular formula is C18H18ClNO. The highest BCUT2D eigenvalue weighted by Crippen LogP contribution is 2.25. The molecule has 2 nitrogen and oxygen atoms in total. The Hall–Kier alpha value is -1.95. The molecule has 0 amide bonds. The topological polar surface area (TPSA) is 35.2 Å². The van der Waals surface area contributed by atoms with Crippen LogP contribution in [0.2, 0.25) is 5.02 Å². The summed E-state index contributed by atoms with van der Waals surface area (Å²) in [4.78, 5) is 0. The molecule has 108 valence electrons. The van der Waals surface area contributed by atoms with Crippen LogP contribution in [-0.4, -0.2) is 12.6 Å². The molecule has 2 N–H and O–H groups in total. The van der Waals surface area contributed by atoms with E-state index in [1.54, 1.807) is 0 Å². The molecular weight excluding hydrogens is 282 g/mol. The van der Waals surface area contributed by atoms with E-state index >= 15 is 0 Å². The van der Waals surface area contributed by atoms with Gasteiger partial charge in [0.15, 0.2) is 0 Å². The normalized spacial score (nSPS) is 11.4. The minimum atomic E-state index is 0.115. The molecule has 2 aromatic rings.